The maximum atomic E-state index is 8.25. The van der Waals surface area contributed by atoms with E-state index in [-0.39, 0.29) is 0 Å². The van der Waals surface area contributed by atoms with E-state index < -0.39 is 0 Å². The summed E-state index contributed by atoms with van der Waals surface area (Å²) >= 11 is 1.71. The van der Waals surface area contributed by atoms with Crippen LogP contribution in [0.1, 0.15) is 12.0 Å². The van der Waals surface area contributed by atoms with Crippen LogP contribution in [-0.2, 0) is 6.42 Å². The molecule has 0 bridgehead atoms. The van der Waals surface area contributed by atoms with Crippen LogP contribution < -0.4 is 5.48 Å². The molecule has 3 heteroatoms. The fourth-order valence-electron chi connectivity index (χ4n) is 0.806. The second kappa shape index (κ2) is 4.44. The van der Waals surface area contributed by atoms with Gasteiger partial charge in [0, 0.05) is 6.54 Å². The first-order valence-corrected chi connectivity index (χ1v) is 4.26. The Morgan fingerprint density at radius 1 is 1.60 bits per heavy atom. The van der Waals surface area contributed by atoms with Crippen LogP contribution in [0.5, 0.6) is 0 Å². The third-order valence-corrected chi connectivity index (χ3v) is 2.07. The van der Waals surface area contributed by atoms with Crippen molar-refractivity contribution in [1.29, 1.82) is 0 Å². The zero-order valence-corrected chi connectivity index (χ0v) is 6.53. The minimum Gasteiger partial charge on any atom is -0.317 e. The third-order valence-electron chi connectivity index (χ3n) is 1.33. The number of thiophene rings is 1. The lowest BCUT2D eigenvalue weighted by Crippen LogP contribution is -2.08. The maximum absolute atomic E-state index is 8.25. The fourth-order valence-corrected chi connectivity index (χ4v) is 1.51. The summed E-state index contributed by atoms with van der Waals surface area (Å²) < 4.78 is 0. The molecule has 0 saturated heterocycles. The molecule has 56 valence electrons. The molecule has 0 radical (unpaired) electrons. The van der Waals surface area contributed by atoms with Gasteiger partial charge < -0.3 is 5.21 Å². The average Bonchev–Trinajstić information content (AvgIpc) is 2.41. The first-order valence-electron chi connectivity index (χ1n) is 3.31. The molecule has 0 saturated carbocycles. The van der Waals surface area contributed by atoms with Crippen LogP contribution in [0.15, 0.2) is 16.8 Å². The number of hydrogen-bond acceptors (Lipinski definition) is 3. The number of aryl methyl sites for hydroxylation is 1. The van der Waals surface area contributed by atoms with E-state index >= 15 is 0 Å². The van der Waals surface area contributed by atoms with E-state index in [0.29, 0.717) is 6.54 Å². The van der Waals surface area contributed by atoms with Gasteiger partial charge in [0.15, 0.2) is 0 Å². The summed E-state index contributed by atoms with van der Waals surface area (Å²) in [6.45, 7) is 0.676. The van der Waals surface area contributed by atoms with Crippen molar-refractivity contribution in [2.45, 2.75) is 12.8 Å². The Morgan fingerprint density at radius 2 is 2.50 bits per heavy atom. The molecule has 10 heavy (non-hydrogen) atoms. The van der Waals surface area contributed by atoms with Crippen molar-refractivity contribution in [2.24, 2.45) is 0 Å². The number of hydroxylamine groups is 1. The number of nitrogens with one attached hydrogen (secondary N) is 1. The van der Waals surface area contributed by atoms with Crippen LogP contribution in [0.4, 0.5) is 0 Å². The lowest BCUT2D eigenvalue weighted by molar-refractivity contribution is 0.166. The van der Waals surface area contributed by atoms with Gasteiger partial charge in [-0.1, -0.05) is 0 Å². The van der Waals surface area contributed by atoms with Crippen molar-refractivity contribution in [3.8, 4) is 0 Å². The Hall–Kier alpha value is -0.380. The lowest BCUT2D eigenvalue weighted by Gasteiger charge is -1.94. The predicted molar refractivity (Wildman–Crippen MR) is 42.4 cm³/mol. The van der Waals surface area contributed by atoms with Gasteiger partial charge in [-0.05, 0) is 35.2 Å². The SMILES string of the molecule is ONCCCc1ccsc1. The van der Waals surface area contributed by atoms with E-state index in [1.807, 2.05) is 0 Å². The molecule has 0 amide bonds. The third kappa shape index (κ3) is 2.47. The topological polar surface area (TPSA) is 32.3 Å². The molecule has 1 aromatic heterocycles. The van der Waals surface area contributed by atoms with Crippen molar-refractivity contribution in [3.05, 3.63) is 22.4 Å². The smallest absolute Gasteiger partial charge is 0.0210 e. The van der Waals surface area contributed by atoms with Crippen molar-refractivity contribution >= 4 is 11.3 Å². The van der Waals surface area contributed by atoms with Gasteiger partial charge in [-0.15, -0.1) is 0 Å². The van der Waals surface area contributed by atoms with Crippen LogP contribution in [-0.4, -0.2) is 11.8 Å². The van der Waals surface area contributed by atoms with Crippen molar-refractivity contribution in [3.63, 3.8) is 0 Å². The van der Waals surface area contributed by atoms with Crippen molar-refractivity contribution in [1.82, 2.24) is 5.48 Å². The molecule has 1 aromatic rings. The summed E-state index contributed by atoms with van der Waals surface area (Å²) in [5.41, 5.74) is 3.49. The van der Waals surface area contributed by atoms with Gasteiger partial charge in [-0.25, -0.2) is 5.48 Å². The number of hydrogen-bond donors (Lipinski definition) is 2. The van der Waals surface area contributed by atoms with Crippen LogP contribution >= 0.6 is 11.3 Å². The Labute approximate surface area is 64.5 Å². The van der Waals surface area contributed by atoms with Gasteiger partial charge in [0.1, 0.15) is 0 Å². The first kappa shape index (κ1) is 7.72. The van der Waals surface area contributed by atoms with Gasteiger partial charge in [0.2, 0.25) is 0 Å². The van der Waals surface area contributed by atoms with E-state index in [9.17, 15) is 0 Å². The molecule has 2 nitrogen and oxygen atoms in total. The summed E-state index contributed by atoms with van der Waals surface area (Å²) in [6, 6.07) is 2.11. The van der Waals surface area contributed by atoms with Gasteiger partial charge in [0.25, 0.3) is 0 Å². The van der Waals surface area contributed by atoms with Crippen LogP contribution in [0.25, 0.3) is 0 Å². The van der Waals surface area contributed by atoms with Crippen molar-refractivity contribution < 1.29 is 5.21 Å². The molecule has 0 aliphatic heterocycles. The minimum absolute atomic E-state index is 0.676. The molecular formula is C7H11NOS. The largest absolute Gasteiger partial charge is 0.317 e. The first-order chi connectivity index (χ1) is 4.93. The Kier molecular flexibility index (Phi) is 3.43. The predicted octanol–water partition coefficient (Wildman–Crippen LogP) is 1.66. The summed E-state index contributed by atoms with van der Waals surface area (Å²) in [7, 11) is 0. The van der Waals surface area contributed by atoms with Crippen LogP contribution in [0, 0.1) is 0 Å². The van der Waals surface area contributed by atoms with Gasteiger partial charge in [-0.3, -0.25) is 0 Å². The van der Waals surface area contributed by atoms with Crippen molar-refractivity contribution in [2.75, 3.05) is 6.54 Å². The minimum atomic E-state index is 0.676. The Morgan fingerprint density at radius 3 is 3.10 bits per heavy atom. The summed E-state index contributed by atoms with van der Waals surface area (Å²) in [4.78, 5) is 0. The molecule has 0 aliphatic carbocycles. The highest BCUT2D eigenvalue weighted by molar-refractivity contribution is 7.07. The monoisotopic (exact) mass is 157 g/mol. The van der Waals surface area contributed by atoms with E-state index in [2.05, 4.69) is 22.3 Å². The normalized spacial score (nSPS) is 10.1. The summed E-state index contributed by atoms with van der Waals surface area (Å²) in [6.07, 6.45) is 2.05. The van der Waals surface area contributed by atoms with E-state index in [0.717, 1.165) is 12.8 Å². The van der Waals surface area contributed by atoms with Gasteiger partial charge >= 0.3 is 0 Å². The molecule has 0 atom stereocenters. The van der Waals surface area contributed by atoms with E-state index in [1.165, 1.54) is 5.56 Å². The van der Waals surface area contributed by atoms with Gasteiger partial charge in [0.05, 0.1) is 0 Å². The highest BCUT2D eigenvalue weighted by Gasteiger charge is 1.90. The van der Waals surface area contributed by atoms with E-state index in [4.69, 9.17) is 5.21 Å². The standard InChI is InChI=1S/C7H11NOS/c9-8-4-1-2-7-3-5-10-6-7/h3,5-6,8-9H,1-2,4H2. The molecule has 0 aliphatic rings. The number of rotatable bonds is 4. The second-order valence-electron chi connectivity index (χ2n) is 2.14. The average molecular weight is 157 g/mol. The second-order valence-corrected chi connectivity index (χ2v) is 2.92. The molecular weight excluding hydrogens is 146 g/mol. The quantitative estimate of drug-likeness (QED) is 0.514. The van der Waals surface area contributed by atoms with Crippen LogP contribution in [0.2, 0.25) is 0 Å². The Balaban J connectivity index is 2.15. The summed E-state index contributed by atoms with van der Waals surface area (Å²) in [5, 5.41) is 12.5. The highest BCUT2D eigenvalue weighted by Crippen LogP contribution is 2.07. The van der Waals surface area contributed by atoms with Crippen LogP contribution in [0.3, 0.4) is 0 Å². The van der Waals surface area contributed by atoms with E-state index in [1.54, 1.807) is 11.3 Å². The molecule has 2 N–H and O–H groups in total. The van der Waals surface area contributed by atoms with Gasteiger partial charge in [-0.2, -0.15) is 11.3 Å². The molecule has 0 spiro atoms. The lowest BCUT2D eigenvalue weighted by atomic mass is 10.2. The maximum Gasteiger partial charge on any atom is 0.0210 e. The molecule has 0 unspecified atom stereocenters. The zero-order chi connectivity index (χ0) is 7.23. The molecule has 0 aromatic carbocycles. The summed E-state index contributed by atoms with van der Waals surface area (Å²) in [5.74, 6) is 0. The molecule has 1 heterocycles. The highest BCUT2D eigenvalue weighted by atomic mass is 32.1. The fraction of sp³-hybridized carbons (Fsp3) is 0.429. The molecule has 0 fully saturated rings. The Bertz CT molecular complexity index is 162. The molecule has 1 rings (SSSR count). The zero-order valence-electron chi connectivity index (χ0n) is 5.71.